The molecule has 0 saturated heterocycles. The summed E-state index contributed by atoms with van der Waals surface area (Å²) in [6.07, 6.45) is -3.61. The molecule has 0 radical (unpaired) electrons. The maximum Gasteiger partial charge on any atom is 0.471 e. The lowest BCUT2D eigenvalue weighted by atomic mass is 10.2. The Hall–Kier alpha value is -2.31. The van der Waals surface area contributed by atoms with Crippen molar-refractivity contribution in [2.24, 2.45) is 0 Å². The number of benzene rings is 1. The molecule has 0 aliphatic rings. The lowest BCUT2D eigenvalue weighted by Gasteiger charge is -2.09. The predicted molar refractivity (Wildman–Crippen MR) is 69.2 cm³/mol. The predicted octanol–water partition coefficient (Wildman–Crippen LogP) is 3.09. The van der Waals surface area contributed by atoms with Gasteiger partial charge in [-0.25, -0.2) is 0 Å². The first kappa shape index (κ1) is 15.7. The van der Waals surface area contributed by atoms with Crippen LogP contribution in [0.4, 0.5) is 24.5 Å². The largest absolute Gasteiger partial charge is 0.471 e. The van der Waals surface area contributed by atoms with Gasteiger partial charge in [-0.05, 0) is 32.0 Å². The van der Waals surface area contributed by atoms with Crippen LogP contribution in [0.25, 0.3) is 0 Å². The van der Waals surface area contributed by atoms with Crippen molar-refractivity contribution in [3.8, 4) is 0 Å². The van der Waals surface area contributed by atoms with E-state index in [2.05, 4.69) is 5.32 Å². The van der Waals surface area contributed by atoms with Crippen LogP contribution in [0, 0.1) is 0 Å². The van der Waals surface area contributed by atoms with Gasteiger partial charge in [-0.3, -0.25) is 9.59 Å². The summed E-state index contributed by atoms with van der Waals surface area (Å²) in [6, 6.07) is 5.45. The van der Waals surface area contributed by atoms with Crippen molar-refractivity contribution in [2.45, 2.75) is 20.0 Å². The fourth-order valence-electron chi connectivity index (χ4n) is 1.32. The van der Waals surface area contributed by atoms with E-state index >= 15 is 0 Å². The van der Waals surface area contributed by atoms with Gasteiger partial charge in [-0.1, -0.05) is 11.6 Å². The summed E-state index contributed by atoms with van der Waals surface area (Å²) in [5, 5.41) is 4.18. The molecule has 1 aromatic rings. The number of amides is 2. The van der Waals surface area contributed by atoms with Crippen LogP contribution in [0.1, 0.15) is 13.8 Å². The Balaban J connectivity index is 2.79. The number of hydrogen-bond acceptors (Lipinski definition) is 2. The van der Waals surface area contributed by atoms with Gasteiger partial charge in [0.05, 0.1) is 0 Å². The van der Waals surface area contributed by atoms with E-state index in [0.29, 0.717) is 0 Å². The minimum absolute atomic E-state index is 0.0534. The van der Waals surface area contributed by atoms with Gasteiger partial charge < -0.3 is 10.6 Å². The van der Waals surface area contributed by atoms with Gasteiger partial charge in [-0.15, -0.1) is 0 Å². The third-order valence-corrected chi connectivity index (χ3v) is 2.07. The van der Waals surface area contributed by atoms with Crippen molar-refractivity contribution in [3.05, 3.63) is 35.9 Å². The minimum atomic E-state index is -4.96. The van der Waals surface area contributed by atoms with E-state index in [1.54, 1.807) is 19.2 Å². The number of anilines is 2. The van der Waals surface area contributed by atoms with Crippen molar-refractivity contribution in [2.75, 3.05) is 10.6 Å². The molecule has 0 bridgehead atoms. The first-order valence-corrected chi connectivity index (χ1v) is 5.62. The Morgan fingerprint density at radius 1 is 1.10 bits per heavy atom. The van der Waals surface area contributed by atoms with E-state index in [1.807, 2.05) is 0 Å². The van der Waals surface area contributed by atoms with Crippen molar-refractivity contribution >= 4 is 23.2 Å². The molecule has 20 heavy (non-hydrogen) atoms. The number of carbonyl (C=O) groups is 2. The average molecular weight is 286 g/mol. The number of allylic oxidation sites excluding steroid dienone is 1. The molecule has 1 aromatic carbocycles. The summed E-state index contributed by atoms with van der Waals surface area (Å²) in [5.41, 5.74) is 1.01. The molecule has 2 amide bonds. The summed E-state index contributed by atoms with van der Waals surface area (Å²) in [6.45, 7) is 3.47. The Morgan fingerprint density at radius 2 is 1.65 bits per heavy atom. The molecule has 0 unspecified atom stereocenters. The molecular weight excluding hydrogens is 273 g/mol. The van der Waals surface area contributed by atoms with Crippen LogP contribution >= 0.6 is 0 Å². The molecule has 0 aliphatic carbocycles. The third-order valence-electron chi connectivity index (χ3n) is 2.07. The Bertz CT molecular complexity index is 547. The molecule has 108 valence electrons. The summed E-state index contributed by atoms with van der Waals surface area (Å²) in [7, 11) is 0. The zero-order valence-corrected chi connectivity index (χ0v) is 10.8. The third kappa shape index (κ3) is 5.13. The van der Waals surface area contributed by atoms with Crippen LogP contribution in [0.2, 0.25) is 0 Å². The Morgan fingerprint density at radius 3 is 2.15 bits per heavy atom. The standard InChI is InChI=1S/C13H13F3N2O2/c1-8(2)6-11(19)17-9-4-3-5-10(7-9)18-12(20)13(14,15)16/h3-7H,1-2H3,(H,17,19)(H,18,20). The summed E-state index contributed by atoms with van der Waals surface area (Å²) in [5.74, 6) is -2.46. The second-order valence-electron chi connectivity index (χ2n) is 4.24. The molecule has 7 heteroatoms. The van der Waals surface area contributed by atoms with Gasteiger partial charge in [0.15, 0.2) is 0 Å². The number of rotatable bonds is 3. The van der Waals surface area contributed by atoms with Crippen molar-refractivity contribution in [3.63, 3.8) is 0 Å². The first-order valence-electron chi connectivity index (χ1n) is 5.62. The highest BCUT2D eigenvalue weighted by Crippen LogP contribution is 2.20. The maximum absolute atomic E-state index is 12.1. The molecule has 0 aromatic heterocycles. The minimum Gasteiger partial charge on any atom is -0.322 e. The number of carbonyl (C=O) groups excluding carboxylic acids is 2. The van der Waals surface area contributed by atoms with Gasteiger partial charge in [0.25, 0.3) is 0 Å². The number of nitrogens with one attached hydrogen (secondary N) is 2. The van der Waals surface area contributed by atoms with E-state index in [1.165, 1.54) is 30.3 Å². The van der Waals surface area contributed by atoms with Gasteiger partial charge in [-0.2, -0.15) is 13.2 Å². The van der Waals surface area contributed by atoms with Gasteiger partial charge in [0.1, 0.15) is 0 Å². The number of hydrogen-bond donors (Lipinski definition) is 2. The van der Waals surface area contributed by atoms with Gasteiger partial charge >= 0.3 is 12.1 Å². The highest BCUT2D eigenvalue weighted by molar-refractivity contribution is 6.00. The molecule has 0 spiro atoms. The van der Waals surface area contributed by atoms with E-state index < -0.39 is 18.0 Å². The highest BCUT2D eigenvalue weighted by atomic mass is 19.4. The molecule has 0 fully saturated rings. The van der Waals surface area contributed by atoms with Gasteiger partial charge in [0, 0.05) is 17.5 Å². The molecular formula is C13H13F3N2O2. The zero-order chi connectivity index (χ0) is 15.3. The second-order valence-corrected chi connectivity index (χ2v) is 4.24. The van der Waals surface area contributed by atoms with E-state index in [4.69, 9.17) is 0 Å². The number of alkyl halides is 3. The van der Waals surface area contributed by atoms with Crippen LogP contribution in [0.15, 0.2) is 35.9 Å². The van der Waals surface area contributed by atoms with Crippen molar-refractivity contribution < 1.29 is 22.8 Å². The van der Waals surface area contributed by atoms with Crippen LogP contribution in [-0.4, -0.2) is 18.0 Å². The summed E-state index contributed by atoms with van der Waals surface area (Å²) < 4.78 is 36.3. The van der Waals surface area contributed by atoms with Gasteiger partial charge in [0.2, 0.25) is 5.91 Å². The summed E-state index contributed by atoms with van der Waals surface area (Å²) in [4.78, 5) is 22.2. The first-order chi connectivity index (χ1) is 9.18. The second kappa shape index (κ2) is 6.23. The molecule has 2 N–H and O–H groups in total. The molecule has 1 rings (SSSR count). The van der Waals surface area contributed by atoms with E-state index in [-0.39, 0.29) is 11.4 Å². The Labute approximate surface area is 113 Å². The zero-order valence-electron chi connectivity index (χ0n) is 10.8. The van der Waals surface area contributed by atoms with E-state index in [0.717, 1.165) is 5.57 Å². The van der Waals surface area contributed by atoms with Crippen LogP contribution < -0.4 is 10.6 Å². The molecule has 4 nitrogen and oxygen atoms in total. The maximum atomic E-state index is 12.1. The molecule has 0 saturated carbocycles. The summed E-state index contributed by atoms with van der Waals surface area (Å²) >= 11 is 0. The van der Waals surface area contributed by atoms with E-state index in [9.17, 15) is 22.8 Å². The normalized spacial score (nSPS) is 10.7. The molecule has 0 heterocycles. The Kier molecular flexibility index (Phi) is 4.90. The monoisotopic (exact) mass is 286 g/mol. The van der Waals surface area contributed by atoms with Crippen molar-refractivity contribution in [1.82, 2.24) is 0 Å². The average Bonchev–Trinajstić information content (AvgIpc) is 2.26. The molecule has 0 atom stereocenters. The quantitative estimate of drug-likeness (QED) is 0.839. The fourth-order valence-corrected chi connectivity index (χ4v) is 1.32. The SMILES string of the molecule is CC(C)=CC(=O)Nc1cccc(NC(=O)C(F)(F)F)c1. The molecule has 0 aliphatic heterocycles. The fraction of sp³-hybridized carbons (Fsp3) is 0.231. The highest BCUT2D eigenvalue weighted by Gasteiger charge is 2.38. The van der Waals surface area contributed by atoms with Crippen LogP contribution in [0.5, 0.6) is 0 Å². The van der Waals surface area contributed by atoms with Crippen LogP contribution in [-0.2, 0) is 9.59 Å². The lowest BCUT2D eigenvalue weighted by Crippen LogP contribution is -2.29. The smallest absolute Gasteiger partial charge is 0.322 e. The lowest BCUT2D eigenvalue weighted by molar-refractivity contribution is -0.167. The van der Waals surface area contributed by atoms with Crippen molar-refractivity contribution in [1.29, 1.82) is 0 Å². The van der Waals surface area contributed by atoms with Crippen LogP contribution in [0.3, 0.4) is 0 Å². The number of halogens is 3. The topological polar surface area (TPSA) is 58.2 Å².